The van der Waals surface area contributed by atoms with Gasteiger partial charge in [0.25, 0.3) is 0 Å². The predicted octanol–water partition coefficient (Wildman–Crippen LogP) is 5.65. The van der Waals surface area contributed by atoms with Crippen molar-refractivity contribution in [3.8, 4) is 11.6 Å². The van der Waals surface area contributed by atoms with E-state index in [-0.39, 0.29) is 12.3 Å². The van der Waals surface area contributed by atoms with Gasteiger partial charge in [0.05, 0.1) is 22.5 Å². The smallest absolute Gasteiger partial charge is 0.303 e. The molecule has 0 saturated carbocycles. The first kappa shape index (κ1) is 25.3. The van der Waals surface area contributed by atoms with Crippen LogP contribution in [0.4, 0.5) is 5.69 Å². The number of aromatic amines is 1. The number of hydrogen-bond acceptors (Lipinski definition) is 5. The Morgan fingerprint density at radius 1 is 1.08 bits per heavy atom. The van der Waals surface area contributed by atoms with Crippen LogP contribution in [0.15, 0.2) is 71.7 Å². The fraction of sp³-hybridized carbons (Fsp3) is 0.214. The van der Waals surface area contributed by atoms with Crippen LogP contribution in [-0.2, 0) is 11.2 Å². The summed E-state index contributed by atoms with van der Waals surface area (Å²) in [5.41, 5.74) is 4.10. The number of hydrogen-bond donors (Lipinski definition) is 3. The van der Waals surface area contributed by atoms with Gasteiger partial charge in [-0.05, 0) is 68.5 Å². The Balaban J connectivity index is 1.76. The van der Waals surface area contributed by atoms with E-state index in [0.717, 1.165) is 28.8 Å². The molecule has 7 nitrogen and oxygen atoms in total. The maximum Gasteiger partial charge on any atom is 0.303 e. The molecule has 0 aliphatic rings. The molecule has 3 N–H and O–H groups in total. The van der Waals surface area contributed by atoms with Gasteiger partial charge >= 0.3 is 5.97 Å². The second kappa shape index (κ2) is 11.3. The number of likely N-dealkylation sites (N-methyl/N-ethyl adjacent to an activating group) is 1. The summed E-state index contributed by atoms with van der Waals surface area (Å²) in [7, 11) is 3.99. The van der Waals surface area contributed by atoms with Gasteiger partial charge in [-0.1, -0.05) is 35.9 Å². The van der Waals surface area contributed by atoms with Crippen LogP contribution in [0.3, 0.4) is 0 Å². The molecule has 36 heavy (non-hydrogen) atoms. The maximum absolute atomic E-state index is 11.1. The van der Waals surface area contributed by atoms with E-state index in [1.165, 1.54) is 0 Å². The van der Waals surface area contributed by atoms with Crippen LogP contribution in [0.1, 0.15) is 23.1 Å². The summed E-state index contributed by atoms with van der Waals surface area (Å²) in [4.78, 5) is 21.0. The van der Waals surface area contributed by atoms with Gasteiger partial charge < -0.3 is 24.8 Å². The summed E-state index contributed by atoms with van der Waals surface area (Å²) >= 11 is 6.16. The molecule has 4 aromatic rings. The number of carboxylic acids is 1. The Labute approximate surface area is 214 Å². The highest BCUT2D eigenvalue weighted by atomic mass is 35.5. The summed E-state index contributed by atoms with van der Waals surface area (Å²) in [6.45, 7) is 1.39. The van der Waals surface area contributed by atoms with Crippen LogP contribution < -0.4 is 4.74 Å². The van der Waals surface area contributed by atoms with E-state index < -0.39 is 5.97 Å². The Bertz CT molecular complexity index is 1390. The minimum atomic E-state index is -0.853. The van der Waals surface area contributed by atoms with Crippen molar-refractivity contribution in [3.05, 3.63) is 88.4 Å². The highest BCUT2D eigenvalue weighted by Crippen LogP contribution is 2.33. The second-order valence-electron chi connectivity index (χ2n) is 8.74. The number of carboxylic acid groups (broad SMARTS) is 1. The number of nitrogens with zero attached hydrogens (tertiary/aromatic N) is 2. The number of aliphatic carboxylic acids is 1. The molecule has 0 unspecified atom stereocenters. The lowest BCUT2D eigenvalue weighted by Gasteiger charge is -2.12. The summed E-state index contributed by atoms with van der Waals surface area (Å²) in [6.07, 6.45) is 0.424. The number of aryl methyl sites for hydroxylation is 1. The Hall–Kier alpha value is -3.81. The molecule has 8 heteroatoms. The van der Waals surface area contributed by atoms with Gasteiger partial charge in [-0.2, -0.15) is 0 Å². The molecular weight excluding hydrogens is 478 g/mol. The van der Waals surface area contributed by atoms with Crippen molar-refractivity contribution in [1.82, 2.24) is 9.88 Å². The van der Waals surface area contributed by atoms with Gasteiger partial charge in [0.15, 0.2) is 5.88 Å². The molecular formula is C28H28ClN3O4. The number of ether oxygens (including phenoxy) is 1. The van der Waals surface area contributed by atoms with Gasteiger partial charge in [-0.3, -0.25) is 4.79 Å². The maximum atomic E-state index is 11.1. The van der Waals surface area contributed by atoms with Gasteiger partial charge in [0, 0.05) is 28.9 Å². The van der Waals surface area contributed by atoms with Gasteiger partial charge in [-0.15, -0.1) is 0 Å². The van der Waals surface area contributed by atoms with Crippen molar-refractivity contribution < 1.29 is 19.7 Å². The van der Waals surface area contributed by atoms with Crippen molar-refractivity contribution in [3.63, 3.8) is 0 Å². The minimum Gasteiger partial charge on any atom is -0.494 e. The normalized spacial score (nSPS) is 11.8. The zero-order valence-electron chi connectivity index (χ0n) is 20.2. The largest absolute Gasteiger partial charge is 0.494 e. The zero-order chi connectivity index (χ0) is 25.7. The molecule has 0 saturated heterocycles. The Morgan fingerprint density at radius 2 is 1.86 bits per heavy atom. The van der Waals surface area contributed by atoms with Crippen LogP contribution in [-0.4, -0.2) is 59.0 Å². The van der Waals surface area contributed by atoms with E-state index in [1.807, 2.05) is 68.7 Å². The molecule has 4 rings (SSSR count). The van der Waals surface area contributed by atoms with E-state index in [1.54, 1.807) is 12.1 Å². The quantitative estimate of drug-likeness (QED) is 0.242. The molecule has 0 aliphatic carbocycles. The summed E-state index contributed by atoms with van der Waals surface area (Å²) in [6, 6.07) is 20.4. The molecule has 0 radical (unpaired) electrons. The van der Waals surface area contributed by atoms with Crippen LogP contribution in [0, 0.1) is 0 Å². The van der Waals surface area contributed by atoms with E-state index >= 15 is 0 Å². The van der Waals surface area contributed by atoms with Crippen LogP contribution in [0.25, 0.3) is 10.9 Å². The molecule has 0 atom stereocenters. The van der Waals surface area contributed by atoms with Crippen LogP contribution in [0.2, 0.25) is 5.02 Å². The fourth-order valence-corrected chi connectivity index (χ4v) is 4.05. The van der Waals surface area contributed by atoms with E-state index in [2.05, 4.69) is 9.88 Å². The molecule has 1 aromatic heterocycles. The first-order valence-electron chi connectivity index (χ1n) is 11.6. The average molecular weight is 506 g/mol. The Kier molecular flexibility index (Phi) is 7.93. The second-order valence-corrected chi connectivity index (χ2v) is 9.18. The van der Waals surface area contributed by atoms with E-state index in [4.69, 9.17) is 26.4 Å². The highest BCUT2D eigenvalue weighted by molar-refractivity contribution is 6.31. The molecule has 0 spiro atoms. The van der Waals surface area contributed by atoms with Crippen molar-refractivity contribution in [2.75, 3.05) is 27.2 Å². The minimum absolute atomic E-state index is 0.0226. The van der Waals surface area contributed by atoms with E-state index in [9.17, 15) is 9.90 Å². The lowest BCUT2D eigenvalue weighted by molar-refractivity contribution is -0.136. The number of H-pyrrole nitrogens is 1. The van der Waals surface area contributed by atoms with Crippen molar-refractivity contribution in [2.45, 2.75) is 12.8 Å². The lowest BCUT2D eigenvalue weighted by Crippen LogP contribution is -2.19. The predicted molar refractivity (Wildman–Crippen MR) is 143 cm³/mol. The third-order valence-electron chi connectivity index (χ3n) is 5.69. The third-order valence-corrected chi connectivity index (χ3v) is 5.93. The Morgan fingerprint density at radius 3 is 2.58 bits per heavy atom. The highest BCUT2D eigenvalue weighted by Gasteiger charge is 2.19. The number of rotatable bonds is 10. The van der Waals surface area contributed by atoms with Gasteiger partial charge in [0.1, 0.15) is 12.4 Å². The monoisotopic (exact) mass is 505 g/mol. The van der Waals surface area contributed by atoms with Crippen molar-refractivity contribution >= 4 is 39.9 Å². The van der Waals surface area contributed by atoms with Gasteiger partial charge in [0.2, 0.25) is 0 Å². The molecule has 0 amide bonds. The standard InChI is InChI=1S/C28H28ClN3O4/c1-32(2)14-15-36-22-10-8-21(9-11-22)30-27(19-5-3-4-18(16-19)6-13-25(33)34)26-23-12-7-20(29)17-24(23)31-28(26)35/h3-5,7-12,16-17,31,35H,6,13-15H2,1-2H3,(H,33,34). The summed E-state index contributed by atoms with van der Waals surface area (Å²) < 4.78 is 5.79. The first-order valence-corrected chi connectivity index (χ1v) is 12.0. The summed E-state index contributed by atoms with van der Waals surface area (Å²) in [5.74, 6) is -0.128. The molecule has 186 valence electrons. The molecule has 0 fully saturated rings. The average Bonchev–Trinajstić information content (AvgIpc) is 3.16. The van der Waals surface area contributed by atoms with Crippen LogP contribution in [0.5, 0.6) is 11.6 Å². The first-order chi connectivity index (χ1) is 17.3. The number of aliphatic imine (C=N–C) groups is 1. The fourth-order valence-electron chi connectivity index (χ4n) is 3.88. The van der Waals surface area contributed by atoms with E-state index in [0.29, 0.717) is 40.5 Å². The SMILES string of the molecule is CN(C)CCOc1ccc(N=C(c2cccc(CCC(=O)O)c2)c2c(O)[nH]c3cc(Cl)ccc23)cc1. The third kappa shape index (κ3) is 6.24. The number of carbonyl (C=O) groups is 1. The number of halogens is 1. The number of benzene rings is 3. The van der Waals surface area contributed by atoms with Gasteiger partial charge in [-0.25, -0.2) is 4.99 Å². The zero-order valence-corrected chi connectivity index (χ0v) is 20.9. The topological polar surface area (TPSA) is 98.2 Å². The number of aromatic hydroxyl groups is 1. The lowest BCUT2D eigenvalue weighted by atomic mass is 9.98. The summed E-state index contributed by atoms with van der Waals surface area (Å²) in [5, 5.41) is 21.3. The molecule has 3 aromatic carbocycles. The van der Waals surface area contributed by atoms with Crippen molar-refractivity contribution in [2.24, 2.45) is 4.99 Å². The van der Waals surface area contributed by atoms with Crippen molar-refractivity contribution in [1.29, 1.82) is 0 Å². The number of fused-ring (bicyclic) bond motifs is 1. The number of aromatic nitrogens is 1. The number of nitrogens with one attached hydrogen (secondary N) is 1. The molecule has 1 heterocycles. The molecule has 0 aliphatic heterocycles. The molecule has 0 bridgehead atoms. The van der Waals surface area contributed by atoms with Crippen LogP contribution >= 0.6 is 11.6 Å².